The number of rotatable bonds is 5. The van der Waals surface area contributed by atoms with Crippen LogP contribution in [0.3, 0.4) is 0 Å². The van der Waals surface area contributed by atoms with E-state index in [2.05, 4.69) is 61.8 Å². The van der Waals surface area contributed by atoms with E-state index < -0.39 is 0 Å². The Bertz CT molecular complexity index is 817. The third kappa shape index (κ3) is 4.34. The number of unbranched alkanes of at least 4 members (excludes halogenated alkanes) is 1. The molecule has 1 aliphatic carbocycles. The van der Waals surface area contributed by atoms with E-state index in [4.69, 9.17) is 11.6 Å². The molecule has 0 amide bonds. The van der Waals surface area contributed by atoms with Gasteiger partial charge in [-0.2, -0.15) is 4.58 Å². The van der Waals surface area contributed by atoms with Crippen LogP contribution in [0.1, 0.15) is 58.4 Å². The highest BCUT2D eigenvalue weighted by molar-refractivity contribution is 6.32. The van der Waals surface area contributed by atoms with E-state index in [0.29, 0.717) is 5.03 Å². The lowest BCUT2D eigenvalue weighted by Crippen LogP contribution is -3.00. The molecule has 146 valence electrons. The number of aliphatic hydroxyl groups is 1. The van der Waals surface area contributed by atoms with E-state index in [1.807, 2.05) is 0 Å². The van der Waals surface area contributed by atoms with Gasteiger partial charge in [0.1, 0.15) is 6.54 Å². The molecule has 0 aromatic heterocycles. The fraction of sp³-hybridized carbons (Fsp3) is 0.435. The summed E-state index contributed by atoms with van der Waals surface area (Å²) >= 11 is 6.49. The molecule has 3 rings (SSSR count). The van der Waals surface area contributed by atoms with Crippen molar-refractivity contribution in [3.8, 4) is 0 Å². The third-order valence-electron chi connectivity index (χ3n) is 5.59. The van der Waals surface area contributed by atoms with Crippen molar-refractivity contribution in [2.24, 2.45) is 0 Å². The van der Waals surface area contributed by atoms with Gasteiger partial charge in [-0.1, -0.05) is 49.2 Å². The largest absolute Gasteiger partial charge is 1.00 e. The van der Waals surface area contributed by atoms with Crippen LogP contribution in [0.2, 0.25) is 0 Å². The van der Waals surface area contributed by atoms with Crippen LogP contribution < -0.4 is 24.0 Å². The minimum atomic E-state index is -0.0296. The molecular formula is C23H29ClINO. The Morgan fingerprint density at radius 1 is 1.19 bits per heavy atom. The minimum absolute atomic E-state index is 0. The average molecular weight is 498 g/mol. The molecule has 0 atom stereocenters. The molecule has 2 nitrogen and oxygen atoms in total. The van der Waals surface area contributed by atoms with E-state index in [9.17, 15) is 5.11 Å². The molecule has 4 heteroatoms. The summed E-state index contributed by atoms with van der Waals surface area (Å²) in [5, 5.41) is 10.1. The number of benzene rings is 1. The lowest BCUT2D eigenvalue weighted by Gasteiger charge is -2.17. The van der Waals surface area contributed by atoms with Crippen LogP contribution in [0.15, 0.2) is 58.9 Å². The van der Waals surface area contributed by atoms with Gasteiger partial charge >= 0.3 is 0 Å². The first-order valence-corrected chi connectivity index (χ1v) is 10.0. The number of fused-ring (bicyclic) bond motifs is 1. The summed E-state index contributed by atoms with van der Waals surface area (Å²) in [6.07, 6.45) is 10.7. The molecule has 27 heavy (non-hydrogen) atoms. The van der Waals surface area contributed by atoms with E-state index in [1.54, 1.807) is 0 Å². The molecule has 1 aliphatic heterocycles. The summed E-state index contributed by atoms with van der Waals surface area (Å²) in [7, 11) is 0. The second-order valence-corrected chi connectivity index (χ2v) is 8.09. The summed E-state index contributed by atoms with van der Waals surface area (Å²) < 4.78 is 2.47. The lowest BCUT2D eigenvalue weighted by molar-refractivity contribution is -0.438. The molecule has 0 bridgehead atoms. The van der Waals surface area contributed by atoms with Crippen LogP contribution in [0, 0.1) is 0 Å². The van der Waals surface area contributed by atoms with Gasteiger partial charge < -0.3 is 29.1 Å². The standard InChI is InChI=1S/C23H28ClNO.HI/c1-4-5-15-25-20-12-7-6-11-19(20)23(2,3)21(25)14-13-17-9-8-10-18(16-26)22(17)24;/h6-7,11-14,16H,4-5,8-10,15H2,1-3H3;1H. The van der Waals surface area contributed by atoms with E-state index in [1.165, 1.54) is 29.8 Å². The molecule has 0 fully saturated rings. The predicted molar refractivity (Wildman–Crippen MR) is 111 cm³/mol. The first kappa shape index (κ1) is 22.2. The molecule has 1 N–H and O–H groups in total. The zero-order valence-corrected chi connectivity index (χ0v) is 19.3. The molecular weight excluding hydrogens is 469 g/mol. The second kappa shape index (κ2) is 9.42. The molecule has 0 spiro atoms. The maximum absolute atomic E-state index is 9.38. The van der Waals surface area contributed by atoms with Crippen molar-refractivity contribution in [1.29, 1.82) is 0 Å². The van der Waals surface area contributed by atoms with Crippen molar-refractivity contribution in [2.75, 3.05) is 6.54 Å². The Morgan fingerprint density at radius 2 is 1.93 bits per heavy atom. The van der Waals surface area contributed by atoms with Gasteiger partial charge in [0.05, 0.1) is 16.7 Å². The fourth-order valence-corrected chi connectivity index (χ4v) is 4.35. The third-order valence-corrected chi connectivity index (χ3v) is 6.07. The molecule has 0 unspecified atom stereocenters. The lowest BCUT2D eigenvalue weighted by atomic mass is 9.81. The molecule has 0 radical (unpaired) electrons. The van der Waals surface area contributed by atoms with Gasteiger partial charge in [-0.05, 0) is 38.7 Å². The number of halogens is 2. The van der Waals surface area contributed by atoms with Gasteiger partial charge in [-0.3, -0.25) is 0 Å². The normalized spacial score (nSPS) is 20.4. The van der Waals surface area contributed by atoms with Gasteiger partial charge in [0.2, 0.25) is 5.69 Å². The van der Waals surface area contributed by atoms with E-state index in [0.717, 1.165) is 43.2 Å². The highest BCUT2D eigenvalue weighted by Crippen LogP contribution is 2.40. The summed E-state index contributed by atoms with van der Waals surface area (Å²) in [5.41, 5.74) is 5.97. The summed E-state index contributed by atoms with van der Waals surface area (Å²) in [6.45, 7) is 7.86. The monoisotopic (exact) mass is 497 g/mol. The van der Waals surface area contributed by atoms with Crippen LogP contribution >= 0.6 is 11.6 Å². The zero-order valence-electron chi connectivity index (χ0n) is 16.4. The van der Waals surface area contributed by atoms with Gasteiger partial charge in [0.25, 0.3) is 0 Å². The number of nitrogens with zero attached hydrogens (tertiary/aromatic N) is 1. The number of hydrogen-bond donors (Lipinski definition) is 1. The summed E-state index contributed by atoms with van der Waals surface area (Å²) in [4.78, 5) is 0. The summed E-state index contributed by atoms with van der Waals surface area (Å²) in [5.74, 6) is 0. The number of allylic oxidation sites excluding steroid dienone is 5. The number of aliphatic hydroxyl groups excluding tert-OH is 1. The minimum Gasteiger partial charge on any atom is -1.00 e. The smallest absolute Gasteiger partial charge is 0.209 e. The Balaban J connectivity index is 0.00000261. The Kier molecular flexibility index (Phi) is 7.75. The Morgan fingerprint density at radius 3 is 2.63 bits per heavy atom. The topological polar surface area (TPSA) is 23.2 Å². The van der Waals surface area contributed by atoms with Crippen molar-refractivity contribution in [1.82, 2.24) is 0 Å². The molecule has 1 aromatic rings. The average Bonchev–Trinajstić information content (AvgIpc) is 2.86. The molecule has 2 aliphatic rings. The molecule has 1 aromatic carbocycles. The predicted octanol–water partition coefficient (Wildman–Crippen LogP) is 3.54. The van der Waals surface area contributed by atoms with E-state index >= 15 is 0 Å². The maximum Gasteiger partial charge on any atom is 0.209 e. The Labute approximate surface area is 185 Å². The van der Waals surface area contributed by atoms with Gasteiger partial charge in [0.15, 0.2) is 5.71 Å². The SMILES string of the molecule is CCCC[N+]1=C(/C=C/C2=C(Cl)C(=C/O)/CCC2)C(C)(C)c2ccccc21.[I-]. The zero-order chi connectivity index (χ0) is 18.7. The van der Waals surface area contributed by atoms with Crippen LogP contribution in [0.25, 0.3) is 0 Å². The number of hydrogen-bond acceptors (Lipinski definition) is 1. The van der Waals surface area contributed by atoms with Crippen molar-refractivity contribution >= 4 is 23.0 Å². The van der Waals surface area contributed by atoms with Gasteiger partial charge in [0, 0.05) is 29.7 Å². The highest BCUT2D eigenvalue weighted by atomic mass is 127. The van der Waals surface area contributed by atoms with Crippen LogP contribution in [-0.4, -0.2) is 21.9 Å². The van der Waals surface area contributed by atoms with Crippen LogP contribution in [-0.2, 0) is 5.41 Å². The quantitative estimate of drug-likeness (QED) is 0.375. The molecule has 1 heterocycles. The fourth-order valence-electron chi connectivity index (χ4n) is 4.05. The van der Waals surface area contributed by atoms with Crippen molar-refractivity contribution in [2.45, 2.75) is 58.3 Å². The Hall–Kier alpha value is -1.07. The number of para-hydroxylation sites is 1. The van der Waals surface area contributed by atoms with Crippen molar-refractivity contribution in [3.63, 3.8) is 0 Å². The van der Waals surface area contributed by atoms with E-state index in [-0.39, 0.29) is 29.4 Å². The van der Waals surface area contributed by atoms with Gasteiger partial charge in [-0.15, -0.1) is 0 Å². The summed E-state index contributed by atoms with van der Waals surface area (Å²) in [6, 6.07) is 8.73. The first-order valence-electron chi connectivity index (χ1n) is 9.65. The van der Waals surface area contributed by atoms with Crippen molar-refractivity contribution in [3.05, 3.63) is 64.4 Å². The first-order chi connectivity index (χ1) is 12.5. The van der Waals surface area contributed by atoms with Gasteiger partial charge in [-0.25, -0.2) is 0 Å². The highest BCUT2D eigenvalue weighted by Gasteiger charge is 2.43. The second-order valence-electron chi connectivity index (χ2n) is 7.71. The molecule has 0 saturated carbocycles. The van der Waals surface area contributed by atoms with Crippen LogP contribution in [0.5, 0.6) is 0 Å². The van der Waals surface area contributed by atoms with Crippen molar-refractivity contribution < 1.29 is 33.7 Å². The van der Waals surface area contributed by atoms with Crippen LogP contribution in [0.4, 0.5) is 5.69 Å². The maximum atomic E-state index is 9.38. The molecule has 0 saturated heterocycles.